The Kier molecular flexibility index (Phi) is 3.68. The van der Waals surface area contributed by atoms with Gasteiger partial charge in [0.2, 0.25) is 0 Å². The zero-order valence-electron chi connectivity index (χ0n) is 11.9. The van der Waals surface area contributed by atoms with Gasteiger partial charge in [0, 0.05) is 0 Å². The Balaban J connectivity index is 1.79. The van der Waals surface area contributed by atoms with Crippen LogP contribution in [0.3, 0.4) is 0 Å². The number of carbonyl (C=O) groups is 1. The number of nitrogens with zero attached hydrogens (tertiary/aromatic N) is 3. The van der Waals surface area contributed by atoms with E-state index in [2.05, 4.69) is 17.2 Å². The molecule has 1 fully saturated rings. The highest BCUT2D eigenvalue weighted by atomic mass is 35.5. The molecule has 1 saturated carbocycles. The van der Waals surface area contributed by atoms with Gasteiger partial charge in [-0.1, -0.05) is 35.9 Å². The Hall–Kier alpha value is -1.88. The smallest absolute Gasteiger partial charge is 0.360 e. The molecule has 0 radical (unpaired) electrons. The van der Waals surface area contributed by atoms with E-state index in [1.165, 1.54) is 0 Å². The van der Waals surface area contributed by atoms with Crippen LogP contribution in [-0.4, -0.2) is 27.6 Å². The van der Waals surface area contributed by atoms with Crippen molar-refractivity contribution < 1.29 is 9.53 Å². The van der Waals surface area contributed by atoms with E-state index >= 15 is 0 Å². The Morgan fingerprint density at radius 2 is 2.19 bits per heavy atom. The lowest BCUT2D eigenvalue weighted by Crippen LogP contribution is -2.10. The Labute approximate surface area is 127 Å². The molecule has 0 spiro atoms. The van der Waals surface area contributed by atoms with Crippen LogP contribution in [0.1, 0.15) is 29.5 Å². The van der Waals surface area contributed by atoms with Crippen molar-refractivity contribution >= 4 is 17.6 Å². The highest BCUT2D eigenvalue weighted by Gasteiger charge is 2.34. The number of benzene rings is 1. The summed E-state index contributed by atoms with van der Waals surface area (Å²) < 4.78 is 6.85. The molecular formula is C15H16ClN3O2. The molecule has 1 aliphatic rings. The molecule has 0 N–H and O–H groups in total. The van der Waals surface area contributed by atoms with Gasteiger partial charge in [-0.25, -0.2) is 9.48 Å². The van der Waals surface area contributed by atoms with Crippen LogP contribution in [0, 0.1) is 18.8 Å². The maximum atomic E-state index is 12.1. The second kappa shape index (κ2) is 5.48. The fourth-order valence-corrected chi connectivity index (χ4v) is 2.47. The van der Waals surface area contributed by atoms with Crippen LogP contribution in [-0.2, 0) is 4.74 Å². The lowest BCUT2D eigenvalue weighted by atomic mass is 10.3. The third-order valence-electron chi connectivity index (χ3n) is 3.87. The molecule has 0 bridgehead atoms. The lowest BCUT2D eigenvalue weighted by molar-refractivity contribution is 0.0473. The highest BCUT2D eigenvalue weighted by Crippen LogP contribution is 2.37. The first-order valence-corrected chi connectivity index (χ1v) is 7.30. The summed E-state index contributed by atoms with van der Waals surface area (Å²) in [6.45, 7) is 4.38. The van der Waals surface area contributed by atoms with Crippen molar-refractivity contribution in [1.29, 1.82) is 0 Å². The molecule has 0 saturated heterocycles. The van der Waals surface area contributed by atoms with Crippen molar-refractivity contribution in [1.82, 2.24) is 15.0 Å². The second-order valence-electron chi connectivity index (χ2n) is 5.46. The molecule has 0 aliphatic heterocycles. The summed E-state index contributed by atoms with van der Waals surface area (Å²) >= 11 is 6.14. The number of para-hydroxylation sites is 1. The molecule has 2 atom stereocenters. The summed E-state index contributed by atoms with van der Waals surface area (Å²) in [7, 11) is 0. The summed E-state index contributed by atoms with van der Waals surface area (Å²) in [6, 6.07) is 7.29. The number of esters is 1. The molecule has 2 aromatic rings. The van der Waals surface area contributed by atoms with Gasteiger partial charge in [-0.3, -0.25) is 0 Å². The molecule has 110 valence electrons. The van der Waals surface area contributed by atoms with Gasteiger partial charge in [0.15, 0.2) is 5.69 Å². The van der Waals surface area contributed by atoms with Crippen LogP contribution < -0.4 is 0 Å². The topological polar surface area (TPSA) is 57.0 Å². The van der Waals surface area contributed by atoms with Crippen molar-refractivity contribution in [3.63, 3.8) is 0 Å². The summed E-state index contributed by atoms with van der Waals surface area (Å²) in [5.74, 6) is 0.718. The first kappa shape index (κ1) is 14.1. The Morgan fingerprint density at radius 3 is 2.86 bits per heavy atom. The van der Waals surface area contributed by atoms with Gasteiger partial charge >= 0.3 is 5.97 Å². The molecule has 1 aromatic heterocycles. The van der Waals surface area contributed by atoms with Crippen LogP contribution in [0.5, 0.6) is 0 Å². The van der Waals surface area contributed by atoms with Gasteiger partial charge in [0.1, 0.15) is 0 Å². The minimum absolute atomic E-state index is 0.239. The normalized spacial score (nSPS) is 20.3. The average molecular weight is 306 g/mol. The third-order valence-corrected chi connectivity index (χ3v) is 4.19. The summed E-state index contributed by atoms with van der Waals surface area (Å²) in [4.78, 5) is 12.1. The van der Waals surface area contributed by atoms with E-state index in [4.69, 9.17) is 16.3 Å². The van der Waals surface area contributed by atoms with E-state index in [0.717, 1.165) is 6.42 Å². The van der Waals surface area contributed by atoms with Crippen molar-refractivity contribution in [3.8, 4) is 5.69 Å². The monoisotopic (exact) mass is 305 g/mol. The first-order chi connectivity index (χ1) is 10.1. The highest BCUT2D eigenvalue weighted by molar-refractivity contribution is 6.32. The number of rotatable bonds is 4. The second-order valence-corrected chi connectivity index (χ2v) is 5.87. The van der Waals surface area contributed by atoms with E-state index in [0.29, 0.717) is 34.8 Å². The van der Waals surface area contributed by atoms with Gasteiger partial charge in [0.05, 0.1) is 23.0 Å². The van der Waals surface area contributed by atoms with Crippen LogP contribution in [0.15, 0.2) is 24.3 Å². The third kappa shape index (κ3) is 2.78. The average Bonchev–Trinajstić information content (AvgIpc) is 3.04. The lowest BCUT2D eigenvalue weighted by Gasteiger charge is -2.06. The van der Waals surface area contributed by atoms with Gasteiger partial charge in [-0.05, 0) is 37.3 Å². The van der Waals surface area contributed by atoms with E-state index in [1.54, 1.807) is 17.7 Å². The number of hydrogen-bond acceptors (Lipinski definition) is 4. The largest absolute Gasteiger partial charge is 0.461 e. The van der Waals surface area contributed by atoms with Crippen LogP contribution >= 0.6 is 11.6 Å². The zero-order valence-corrected chi connectivity index (χ0v) is 12.7. The number of halogens is 1. The van der Waals surface area contributed by atoms with Crippen molar-refractivity contribution in [2.75, 3.05) is 6.61 Å². The van der Waals surface area contributed by atoms with Gasteiger partial charge in [0.25, 0.3) is 0 Å². The Bertz CT molecular complexity index is 683. The molecule has 3 rings (SSSR count). The molecule has 5 nitrogen and oxygen atoms in total. The van der Waals surface area contributed by atoms with Crippen LogP contribution in [0.2, 0.25) is 5.02 Å². The molecule has 1 heterocycles. The van der Waals surface area contributed by atoms with E-state index in [1.807, 2.05) is 18.2 Å². The maximum absolute atomic E-state index is 12.1. The van der Waals surface area contributed by atoms with Crippen molar-refractivity contribution in [3.05, 3.63) is 40.7 Å². The zero-order chi connectivity index (χ0) is 15.0. The molecule has 2 unspecified atom stereocenters. The standard InChI is InChI=1S/C15H16ClN3O2/c1-9-7-11(9)8-21-15(20)14-10(2)19(18-17-14)13-6-4-3-5-12(13)16/h3-6,9,11H,7-8H2,1-2H3. The SMILES string of the molecule is Cc1c(C(=O)OCC2CC2C)nnn1-c1ccccc1Cl. The van der Waals surface area contributed by atoms with Crippen LogP contribution in [0.4, 0.5) is 0 Å². The molecule has 0 amide bonds. The summed E-state index contributed by atoms with van der Waals surface area (Å²) in [6.07, 6.45) is 1.12. The maximum Gasteiger partial charge on any atom is 0.360 e. The minimum atomic E-state index is -0.426. The molecule has 1 aromatic carbocycles. The number of hydrogen-bond donors (Lipinski definition) is 0. The molecule has 6 heteroatoms. The van der Waals surface area contributed by atoms with Crippen molar-refractivity contribution in [2.24, 2.45) is 11.8 Å². The summed E-state index contributed by atoms with van der Waals surface area (Å²) in [5.41, 5.74) is 1.55. The fraction of sp³-hybridized carbons (Fsp3) is 0.400. The number of carbonyl (C=O) groups excluding carboxylic acids is 1. The fourth-order valence-electron chi connectivity index (χ4n) is 2.25. The number of ether oxygens (including phenoxy) is 1. The number of aromatic nitrogens is 3. The minimum Gasteiger partial charge on any atom is -0.461 e. The first-order valence-electron chi connectivity index (χ1n) is 6.92. The molecule has 1 aliphatic carbocycles. The van der Waals surface area contributed by atoms with Gasteiger partial charge in [-0.2, -0.15) is 0 Å². The quantitative estimate of drug-likeness (QED) is 0.815. The predicted octanol–water partition coefficient (Wildman–Crippen LogP) is 3.04. The van der Waals surface area contributed by atoms with Gasteiger partial charge < -0.3 is 4.74 Å². The van der Waals surface area contributed by atoms with E-state index < -0.39 is 5.97 Å². The Morgan fingerprint density at radius 1 is 1.48 bits per heavy atom. The van der Waals surface area contributed by atoms with Gasteiger partial charge in [-0.15, -0.1) is 5.10 Å². The molecule has 21 heavy (non-hydrogen) atoms. The van der Waals surface area contributed by atoms with Crippen LogP contribution in [0.25, 0.3) is 5.69 Å². The van der Waals surface area contributed by atoms with E-state index in [9.17, 15) is 4.79 Å². The predicted molar refractivity (Wildman–Crippen MR) is 78.7 cm³/mol. The molecular weight excluding hydrogens is 290 g/mol. The summed E-state index contributed by atoms with van der Waals surface area (Å²) in [5, 5.41) is 8.49. The van der Waals surface area contributed by atoms with Crippen molar-refractivity contribution in [2.45, 2.75) is 20.3 Å². The van der Waals surface area contributed by atoms with E-state index in [-0.39, 0.29) is 5.69 Å².